The Kier molecular flexibility index (Phi) is 3.11. The maximum Gasteiger partial charge on any atom is 0.349 e. The Labute approximate surface area is 104 Å². The number of hydrogen-bond donors (Lipinski definition) is 1. The van der Waals surface area contributed by atoms with E-state index in [1.807, 2.05) is 6.07 Å². The smallest absolute Gasteiger partial charge is 0.349 e. The predicted molar refractivity (Wildman–Crippen MR) is 62.9 cm³/mol. The first-order chi connectivity index (χ1) is 7.65. The second-order valence-electron chi connectivity index (χ2n) is 3.04. The molecular formula is C10H9BrNO3S+. The van der Waals surface area contributed by atoms with Crippen LogP contribution in [0.1, 0.15) is 16.6 Å². The lowest BCUT2D eigenvalue weighted by Crippen LogP contribution is -2.28. The van der Waals surface area contributed by atoms with Crippen molar-refractivity contribution in [3.05, 3.63) is 27.7 Å². The van der Waals surface area contributed by atoms with Crippen molar-refractivity contribution in [2.24, 2.45) is 0 Å². The van der Waals surface area contributed by atoms with Crippen LogP contribution in [-0.2, 0) is 4.74 Å². The number of carbonyl (C=O) groups is 1. The number of nitrogens with zero attached hydrogens (tertiary/aromatic N) is 1. The molecule has 1 N–H and O–H groups in total. The van der Waals surface area contributed by atoms with Gasteiger partial charge < -0.3 is 4.74 Å². The monoisotopic (exact) mass is 302 g/mol. The van der Waals surface area contributed by atoms with Crippen molar-refractivity contribution in [2.75, 3.05) is 6.61 Å². The highest BCUT2D eigenvalue weighted by Gasteiger charge is 2.23. The van der Waals surface area contributed by atoms with Gasteiger partial charge in [0.1, 0.15) is 4.88 Å². The summed E-state index contributed by atoms with van der Waals surface area (Å²) in [5.74, 6) is -0.379. The summed E-state index contributed by atoms with van der Waals surface area (Å²) in [6.45, 7) is 2.09. The van der Waals surface area contributed by atoms with Crippen LogP contribution < -0.4 is 4.73 Å². The molecule has 0 spiro atoms. The Morgan fingerprint density at radius 3 is 3.06 bits per heavy atom. The summed E-state index contributed by atoms with van der Waals surface area (Å²) in [5, 5.41) is 10.4. The van der Waals surface area contributed by atoms with Gasteiger partial charge in [-0.3, -0.25) is 5.21 Å². The molecule has 84 valence electrons. The van der Waals surface area contributed by atoms with Gasteiger partial charge in [-0.25, -0.2) is 4.79 Å². The molecule has 0 saturated carbocycles. The summed E-state index contributed by atoms with van der Waals surface area (Å²) in [7, 11) is 0. The van der Waals surface area contributed by atoms with Gasteiger partial charge in [0, 0.05) is 10.8 Å². The van der Waals surface area contributed by atoms with Gasteiger partial charge in [0.05, 0.1) is 16.5 Å². The average Bonchev–Trinajstić information content (AvgIpc) is 2.59. The maximum atomic E-state index is 11.6. The Morgan fingerprint density at radius 2 is 2.44 bits per heavy atom. The molecule has 4 nitrogen and oxygen atoms in total. The standard InChI is InChI=1S/C10H9BrNO3S/c1-2-15-10(13)8-7(11)6-4-3-5-12(14)9(6)16-8/h3-5,14H,2H2,1H3/q+1. The molecule has 2 aromatic heterocycles. The van der Waals surface area contributed by atoms with Gasteiger partial charge >= 0.3 is 10.8 Å². The van der Waals surface area contributed by atoms with Crippen LogP contribution in [-0.4, -0.2) is 17.8 Å². The summed E-state index contributed by atoms with van der Waals surface area (Å²) >= 11 is 4.53. The second-order valence-corrected chi connectivity index (χ2v) is 4.83. The summed E-state index contributed by atoms with van der Waals surface area (Å²) in [6.07, 6.45) is 1.51. The molecule has 2 aromatic rings. The fourth-order valence-electron chi connectivity index (χ4n) is 1.34. The Morgan fingerprint density at radius 1 is 1.69 bits per heavy atom. The molecule has 0 aliphatic carbocycles. The van der Waals surface area contributed by atoms with Crippen LogP contribution in [0.5, 0.6) is 0 Å². The van der Waals surface area contributed by atoms with E-state index in [0.29, 0.717) is 20.8 Å². The molecule has 0 fully saturated rings. The van der Waals surface area contributed by atoms with E-state index in [1.165, 1.54) is 17.5 Å². The average molecular weight is 303 g/mol. The predicted octanol–water partition coefficient (Wildman–Crippen LogP) is 2.37. The fraction of sp³-hybridized carbons (Fsp3) is 0.200. The Balaban J connectivity index is 2.60. The zero-order chi connectivity index (χ0) is 11.7. The van der Waals surface area contributed by atoms with Crippen LogP contribution in [0.2, 0.25) is 0 Å². The van der Waals surface area contributed by atoms with Crippen molar-refractivity contribution in [1.82, 2.24) is 0 Å². The quantitative estimate of drug-likeness (QED) is 0.526. The number of ether oxygens (including phenoxy) is 1. The SMILES string of the molecule is CCOC(=O)c1sc2c(ccc[n+]2O)c1Br. The molecule has 0 aromatic carbocycles. The first kappa shape index (κ1) is 11.3. The van der Waals surface area contributed by atoms with Crippen LogP contribution in [0.4, 0.5) is 0 Å². The largest absolute Gasteiger partial charge is 0.462 e. The van der Waals surface area contributed by atoms with Crippen molar-refractivity contribution in [3.8, 4) is 0 Å². The van der Waals surface area contributed by atoms with Crippen molar-refractivity contribution < 1.29 is 19.5 Å². The van der Waals surface area contributed by atoms with E-state index in [1.54, 1.807) is 13.0 Å². The molecule has 6 heteroatoms. The van der Waals surface area contributed by atoms with Crippen molar-refractivity contribution in [3.63, 3.8) is 0 Å². The third-order valence-electron chi connectivity index (χ3n) is 2.02. The van der Waals surface area contributed by atoms with Gasteiger partial charge in [-0.05, 0) is 28.9 Å². The van der Waals surface area contributed by atoms with Crippen LogP contribution >= 0.6 is 27.3 Å². The number of esters is 1. The van der Waals surface area contributed by atoms with Gasteiger partial charge in [-0.15, -0.1) is 0 Å². The van der Waals surface area contributed by atoms with E-state index in [2.05, 4.69) is 15.9 Å². The van der Waals surface area contributed by atoms with Gasteiger partial charge in [0.2, 0.25) is 6.20 Å². The summed E-state index contributed by atoms with van der Waals surface area (Å²) in [4.78, 5) is 12.7. The fourth-order valence-corrected chi connectivity index (χ4v) is 3.17. The first-order valence-corrected chi connectivity index (χ1v) is 6.25. The number of halogens is 1. The summed E-state index contributed by atoms with van der Waals surface area (Å²) in [5.41, 5.74) is 0. The maximum absolute atomic E-state index is 11.6. The van der Waals surface area contributed by atoms with E-state index >= 15 is 0 Å². The molecule has 0 amide bonds. The van der Waals surface area contributed by atoms with Crippen LogP contribution in [0, 0.1) is 0 Å². The summed E-state index contributed by atoms with van der Waals surface area (Å²) in [6, 6.07) is 3.53. The number of rotatable bonds is 2. The van der Waals surface area contributed by atoms with Crippen molar-refractivity contribution >= 4 is 43.5 Å². The molecule has 0 aliphatic rings. The van der Waals surface area contributed by atoms with E-state index in [0.717, 1.165) is 10.1 Å². The molecule has 0 bridgehead atoms. The Hall–Kier alpha value is -1.14. The summed E-state index contributed by atoms with van der Waals surface area (Å²) < 4.78 is 6.58. The molecule has 0 unspecified atom stereocenters. The van der Waals surface area contributed by atoms with E-state index in [4.69, 9.17) is 4.74 Å². The molecule has 0 aliphatic heterocycles. The zero-order valence-corrected chi connectivity index (χ0v) is 10.8. The molecular weight excluding hydrogens is 294 g/mol. The van der Waals surface area contributed by atoms with Gasteiger partial charge in [-0.1, -0.05) is 11.3 Å². The third-order valence-corrected chi connectivity index (χ3v) is 4.29. The van der Waals surface area contributed by atoms with Crippen LogP contribution in [0.3, 0.4) is 0 Å². The topological polar surface area (TPSA) is 50.4 Å². The highest BCUT2D eigenvalue weighted by Crippen LogP contribution is 2.33. The molecule has 0 radical (unpaired) electrons. The van der Waals surface area contributed by atoms with Gasteiger partial charge in [-0.2, -0.15) is 0 Å². The third kappa shape index (κ3) is 1.78. The lowest BCUT2D eigenvalue weighted by atomic mass is 10.3. The van der Waals surface area contributed by atoms with E-state index in [-0.39, 0.29) is 5.97 Å². The van der Waals surface area contributed by atoms with E-state index < -0.39 is 0 Å². The number of fused-ring (bicyclic) bond motifs is 1. The Bertz CT molecular complexity index is 552. The minimum Gasteiger partial charge on any atom is -0.462 e. The molecule has 2 rings (SSSR count). The number of hydrogen-bond acceptors (Lipinski definition) is 4. The lowest BCUT2D eigenvalue weighted by Gasteiger charge is -1.97. The lowest BCUT2D eigenvalue weighted by molar-refractivity contribution is -0.883. The normalized spacial score (nSPS) is 10.6. The number of pyridine rings is 1. The zero-order valence-electron chi connectivity index (χ0n) is 8.44. The first-order valence-electron chi connectivity index (χ1n) is 4.64. The van der Waals surface area contributed by atoms with E-state index in [9.17, 15) is 10.0 Å². The molecule has 0 saturated heterocycles. The van der Waals surface area contributed by atoms with Gasteiger partial charge in [0.15, 0.2) is 0 Å². The van der Waals surface area contributed by atoms with Crippen LogP contribution in [0.25, 0.3) is 10.2 Å². The van der Waals surface area contributed by atoms with Gasteiger partial charge in [0.25, 0.3) is 0 Å². The number of thiophene rings is 1. The number of carbonyl (C=O) groups excluding carboxylic acids is 1. The minimum atomic E-state index is -0.379. The van der Waals surface area contributed by atoms with Crippen molar-refractivity contribution in [1.29, 1.82) is 0 Å². The molecule has 2 heterocycles. The highest BCUT2D eigenvalue weighted by atomic mass is 79.9. The van der Waals surface area contributed by atoms with Crippen LogP contribution in [0.15, 0.2) is 22.8 Å². The van der Waals surface area contributed by atoms with Crippen molar-refractivity contribution in [2.45, 2.75) is 6.92 Å². The molecule has 16 heavy (non-hydrogen) atoms. The molecule has 0 atom stereocenters. The highest BCUT2D eigenvalue weighted by molar-refractivity contribution is 9.10. The second kappa shape index (κ2) is 4.39. The minimum absolute atomic E-state index is 0.332. The number of aromatic nitrogens is 1.